The van der Waals surface area contributed by atoms with Gasteiger partial charge in [0, 0.05) is 13.0 Å². The number of carbonyl (C=O) groups is 1. The molecule has 2 atom stereocenters. The van der Waals surface area contributed by atoms with Crippen LogP contribution in [0.2, 0.25) is 0 Å². The van der Waals surface area contributed by atoms with Gasteiger partial charge in [-0.25, -0.2) is 13.4 Å². The summed E-state index contributed by atoms with van der Waals surface area (Å²) >= 11 is 1.03. The molecule has 0 saturated carbocycles. The molecular weight excluding hydrogens is 593 g/mol. The number of hydrogen-bond acceptors (Lipinski definition) is 8. The number of thiazole rings is 1. The summed E-state index contributed by atoms with van der Waals surface area (Å²) in [6, 6.07) is 9.76. The average molecular weight is 620 g/mol. The Labute approximate surface area is 237 Å². The molecule has 1 aromatic heterocycles. The lowest BCUT2D eigenvalue weighted by molar-refractivity contribution is -0.137. The van der Waals surface area contributed by atoms with E-state index >= 15 is 0 Å². The van der Waals surface area contributed by atoms with E-state index in [1.54, 1.807) is 24.0 Å². The minimum atomic E-state index is -4.49. The molecule has 1 fully saturated rings. The Kier molecular flexibility index (Phi) is 9.49. The normalized spacial score (nSPS) is 17.7. The molecule has 3 aromatic rings. The molecule has 2 aromatic carbocycles. The van der Waals surface area contributed by atoms with Crippen LogP contribution in [0.15, 0.2) is 59.6 Å². The summed E-state index contributed by atoms with van der Waals surface area (Å²) in [4.78, 5) is 19.1. The first-order chi connectivity index (χ1) is 19.4. The monoisotopic (exact) mass is 619 g/mol. The molecule has 1 aliphatic heterocycles. The third kappa shape index (κ3) is 7.92. The van der Waals surface area contributed by atoms with Crippen LogP contribution < -0.4 is 15.0 Å². The molecule has 1 amide bonds. The average Bonchev–Trinajstić information content (AvgIpc) is 3.58. The van der Waals surface area contributed by atoms with E-state index in [9.17, 15) is 35.2 Å². The number of sulfone groups is 1. The van der Waals surface area contributed by atoms with Gasteiger partial charge in [0.05, 0.1) is 41.6 Å². The maximum absolute atomic E-state index is 12.8. The fourth-order valence-corrected chi connectivity index (χ4v) is 6.00. The number of rotatable bonds is 11. The largest absolute Gasteiger partial charge is 0.489 e. The Morgan fingerprint density at radius 1 is 1.15 bits per heavy atom. The van der Waals surface area contributed by atoms with Crippen LogP contribution in [-0.2, 0) is 27.3 Å². The molecule has 4 rings (SSSR count). The number of ether oxygens (including phenoxy) is 2. The van der Waals surface area contributed by atoms with Crippen molar-refractivity contribution in [1.82, 2.24) is 10.3 Å². The fourth-order valence-electron chi connectivity index (χ4n) is 4.20. The highest BCUT2D eigenvalue weighted by atomic mass is 32.2. The third-order valence-corrected chi connectivity index (χ3v) is 9.14. The van der Waals surface area contributed by atoms with Crippen LogP contribution in [0, 0.1) is 0 Å². The summed E-state index contributed by atoms with van der Waals surface area (Å²) < 4.78 is 98.3. The molecule has 15 heteroatoms. The Morgan fingerprint density at radius 2 is 1.83 bits per heavy atom. The highest BCUT2D eigenvalue weighted by Crippen LogP contribution is 2.34. The van der Waals surface area contributed by atoms with E-state index < -0.39 is 46.2 Å². The first-order valence-corrected chi connectivity index (χ1v) is 14.9. The number of halogens is 5. The second-order valence-electron chi connectivity index (χ2n) is 9.14. The number of hydrogen-bond donors (Lipinski definition) is 1. The van der Waals surface area contributed by atoms with Gasteiger partial charge in [0.1, 0.15) is 16.7 Å². The van der Waals surface area contributed by atoms with Crippen LogP contribution in [0.1, 0.15) is 34.1 Å². The van der Waals surface area contributed by atoms with Gasteiger partial charge in [-0.05, 0) is 42.0 Å². The second-order valence-corrected chi connectivity index (χ2v) is 12.4. The van der Waals surface area contributed by atoms with Crippen LogP contribution >= 0.6 is 11.3 Å². The Balaban J connectivity index is 1.40. The SMILES string of the molecule is CCS(=O)(=O)c1ccc(CNC(=O)c2cnc(N3C[C@@H](Oc4ccc(C(F)(F)F)cc4)C[C@H]3COC(F)F)s2)cc1. The summed E-state index contributed by atoms with van der Waals surface area (Å²) in [6.07, 6.45) is -3.46. The van der Waals surface area contributed by atoms with Crippen molar-refractivity contribution in [3.63, 3.8) is 0 Å². The number of nitrogens with one attached hydrogen (secondary N) is 1. The lowest BCUT2D eigenvalue weighted by Gasteiger charge is -2.23. The number of nitrogens with zero attached hydrogens (tertiary/aromatic N) is 2. The molecular formula is C26H26F5N3O5S2. The van der Waals surface area contributed by atoms with Crippen molar-refractivity contribution in [1.29, 1.82) is 0 Å². The minimum Gasteiger partial charge on any atom is -0.489 e. The molecule has 1 aliphatic rings. The van der Waals surface area contributed by atoms with Gasteiger partial charge in [0.15, 0.2) is 15.0 Å². The highest BCUT2D eigenvalue weighted by Gasteiger charge is 2.36. The third-order valence-electron chi connectivity index (χ3n) is 6.35. The van der Waals surface area contributed by atoms with Gasteiger partial charge in [-0.15, -0.1) is 0 Å². The van der Waals surface area contributed by atoms with Gasteiger partial charge in [-0.1, -0.05) is 30.4 Å². The number of aromatic nitrogens is 1. The summed E-state index contributed by atoms with van der Waals surface area (Å²) in [6.45, 7) is -1.48. The van der Waals surface area contributed by atoms with Gasteiger partial charge in [0.2, 0.25) is 0 Å². The maximum Gasteiger partial charge on any atom is 0.416 e. The van der Waals surface area contributed by atoms with E-state index in [0.717, 1.165) is 23.5 Å². The van der Waals surface area contributed by atoms with Crippen molar-refractivity contribution in [3.05, 3.63) is 70.7 Å². The summed E-state index contributed by atoms with van der Waals surface area (Å²) in [5.41, 5.74) is -0.138. The predicted molar refractivity (Wildman–Crippen MR) is 141 cm³/mol. The van der Waals surface area contributed by atoms with Gasteiger partial charge in [-0.3, -0.25) is 4.79 Å². The summed E-state index contributed by atoms with van der Waals surface area (Å²) in [7, 11) is -3.34. The zero-order valence-electron chi connectivity index (χ0n) is 21.6. The standard InChI is InChI=1S/C26H26F5N3O5S2/c1-2-41(36,37)21-9-3-16(4-10-21)12-32-23(35)22-13-33-25(40-22)34-14-20(11-18(34)15-38-24(27)28)39-19-7-5-17(6-8-19)26(29,30)31/h3-10,13,18,20,24H,2,11-12,14-15H2,1H3,(H,32,35)/t18-,20-/m0/s1. The van der Waals surface area contributed by atoms with Crippen molar-refractivity contribution in [2.75, 3.05) is 23.8 Å². The predicted octanol–water partition coefficient (Wildman–Crippen LogP) is 5.15. The van der Waals surface area contributed by atoms with Crippen molar-refractivity contribution in [2.45, 2.75) is 49.7 Å². The first kappa shape index (κ1) is 30.7. The maximum atomic E-state index is 12.8. The van der Waals surface area contributed by atoms with Crippen molar-refractivity contribution in [2.24, 2.45) is 0 Å². The van der Waals surface area contributed by atoms with E-state index in [0.29, 0.717) is 10.7 Å². The zero-order valence-corrected chi connectivity index (χ0v) is 23.2. The molecule has 0 bridgehead atoms. The van der Waals surface area contributed by atoms with Crippen molar-refractivity contribution in [3.8, 4) is 5.75 Å². The molecule has 0 unspecified atom stereocenters. The molecule has 222 valence electrons. The smallest absolute Gasteiger partial charge is 0.416 e. The van der Waals surface area contributed by atoms with Gasteiger partial charge in [0.25, 0.3) is 5.91 Å². The van der Waals surface area contributed by atoms with Crippen LogP contribution in [0.4, 0.5) is 27.1 Å². The molecule has 0 spiro atoms. The fraction of sp³-hybridized carbons (Fsp3) is 0.385. The highest BCUT2D eigenvalue weighted by molar-refractivity contribution is 7.91. The number of anilines is 1. The minimum absolute atomic E-state index is 0.0230. The summed E-state index contributed by atoms with van der Waals surface area (Å²) in [5.74, 6) is -0.265. The van der Waals surface area contributed by atoms with Crippen molar-refractivity contribution >= 4 is 32.2 Å². The Hall–Kier alpha value is -3.30. The van der Waals surface area contributed by atoms with Crippen molar-refractivity contribution < 1.29 is 44.6 Å². The van der Waals surface area contributed by atoms with Gasteiger partial charge in [-0.2, -0.15) is 22.0 Å². The van der Waals surface area contributed by atoms with E-state index in [1.165, 1.54) is 30.5 Å². The molecule has 8 nitrogen and oxygen atoms in total. The first-order valence-electron chi connectivity index (χ1n) is 12.4. The van der Waals surface area contributed by atoms with Gasteiger partial charge >= 0.3 is 12.8 Å². The Bertz CT molecular complexity index is 1430. The second kappa shape index (κ2) is 12.7. The van der Waals surface area contributed by atoms with E-state index in [2.05, 4.69) is 15.0 Å². The van der Waals surface area contributed by atoms with Gasteiger partial charge < -0.3 is 19.7 Å². The van der Waals surface area contributed by atoms with E-state index in [-0.39, 0.29) is 47.4 Å². The lowest BCUT2D eigenvalue weighted by atomic mass is 10.2. The molecule has 2 heterocycles. The number of carbonyl (C=O) groups excluding carboxylic acids is 1. The van der Waals surface area contributed by atoms with E-state index in [4.69, 9.17) is 4.74 Å². The molecule has 1 saturated heterocycles. The van der Waals surface area contributed by atoms with Crippen LogP contribution in [0.5, 0.6) is 5.75 Å². The zero-order chi connectivity index (χ0) is 29.8. The molecule has 41 heavy (non-hydrogen) atoms. The van der Waals surface area contributed by atoms with Crippen LogP contribution in [0.25, 0.3) is 0 Å². The Morgan fingerprint density at radius 3 is 2.44 bits per heavy atom. The molecule has 1 N–H and O–H groups in total. The number of alkyl halides is 5. The quantitative estimate of drug-likeness (QED) is 0.297. The molecule has 0 radical (unpaired) electrons. The molecule has 0 aliphatic carbocycles. The lowest BCUT2D eigenvalue weighted by Crippen LogP contribution is -2.34. The topological polar surface area (TPSA) is 97.8 Å². The number of benzene rings is 2. The van der Waals surface area contributed by atoms with Crippen LogP contribution in [0.3, 0.4) is 0 Å². The number of amides is 1. The summed E-state index contributed by atoms with van der Waals surface area (Å²) in [5, 5.41) is 3.10. The van der Waals surface area contributed by atoms with E-state index in [1.807, 2.05) is 0 Å². The van der Waals surface area contributed by atoms with Crippen LogP contribution in [-0.4, -0.2) is 57.0 Å².